The average molecular weight is 482 g/mol. The van der Waals surface area contributed by atoms with Gasteiger partial charge in [-0.15, -0.1) is 0 Å². The number of nitrogens with one attached hydrogen (secondary N) is 1. The van der Waals surface area contributed by atoms with E-state index < -0.39 is 0 Å². The minimum absolute atomic E-state index is 0.0634. The number of ketones is 1. The van der Waals surface area contributed by atoms with E-state index in [0.29, 0.717) is 25.5 Å². The van der Waals surface area contributed by atoms with Gasteiger partial charge in [0.25, 0.3) is 5.91 Å². The second-order valence-electron chi connectivity index (χ2n) is 8.98. The Morgan fingerprint density at radius 2 is 2.00 bits per heavy atom. The van der Waals surface area contributed by atoms with E-state index in [1.165, 1.54) is 0 Å². The molecule has 4 rings (SSSR count). The molecule has 0 spiro atoms. The van der Waals surface area contributed by atoms with Crippen LogP contribution >= 0.6 is 0 Å². The molecule has 36 heavy (non-hydrogen) atoms. The van der Waals surface area contributed by atoms with Crippen molar-refractivity contribution in [1.29, 1.82) is 0 Å². The number of likely N-dealkylation sites (N-methyl/N-ethyl adjacent to an activating group) is 2. The third-order valence-corrected chi connectivity index (χ3v) is 5.94. The lowest BCUT2D eigenvalue weighted by atomic mass is 9.91. The molecule has 7 heteroatoms. The molecule has 0 atom stereocenters. The van der Waals surface area contributed by atoms with Crippen molar-refractivity contribution in [2.45, 2.75) is 20.3 Å². The summed E-state index contributed by atoms with van der Waals surface area (Å²) in [7, 11) is 3.92. The van der Waals surface area contributed by atoms with E-state index in [1.807, 2.05) is 93.5 Å². The third kappa shape index (κ3) is 5.75. The van der Waals surface area contributed by atoms with Crippen LogP contribution < -0.4 is 10.2 Å². The van der Waals surface area contributed by atoms with Crippen molar-refractivity contribution in [2.75, 3.05) is 37.4 Å². The van der Waals surface area contributed by atoms with Gasteiger partial charge in [0.2, 0.25) is 5.95 Å². The SMILES string of the molecule is CCN(C(=O)/C=C/CN(C)C)c1cccc(Nc2ncc3cc(C4=C(C)C=CCC4=O)ccc3n2)c1. The van der Waals surface area contributed by atoms with Gasteiger partial charge >= 0.3 is 0 Å². The standard InChI is InChI=1S/C29H31N5O2/c1-5-34(27(36)13-8-16-33(3)4)24-11-7-10-23(18-24)31-29-30-19-22-17-21(14-15-25(22)32-29)28-20(2)9-6-12-26(28)35/h6-11,13-15,17-19H,5,12,16H2,1-4H3,(H,30,31,32)/b13-8+. The van der Waals surface area contributed by atoms with Crippen LogP contribution in [-0.4, -0.2) is 53.7 Å². The van der Waals surface area contributed by atoms with Gasteiger partial charge in [0.15, 0.2) is 5.78 Å². The second-order valence-corrected chi connectivity index (χ2v) is 8.98. The van der Waals surface area contributed by atoms with Crippen molar-refractivity contribution in [3.05, 3.63) is 84.1 Å². The van der Waals surface area contributed by atoms with Crippen LogP contribution in [0.15, 0.2) is 78.5 Å². The molecular formula is C29H31N5O2. The molecule has 1 heterocycles. The number of hydrogen-bond donors (Lipinski definition) is 1. The Morgan fingerprint density at radius 1 is 1.17 bits per heavy atom. The molecule has 0 radical (unpaired) electrons. The number of carbonyl (C=O) groups is 2. The highest BCUT2D eigenvalue weighted by molar-refractivity contribution is 6.23. The lowest BCUT2D eigenvalue weighted by molar-refractivity contribution is -0.114. The Bertz CT molecular complexity index is 1390. The fourth-order valence-electron chi connectivity index (χ4n) is 4.19. The topological polar surface area (TPSA) is 78.4 Å². The van der Waals surface area contributed by atoms with Crippen LogP contribution in [0.1, 0.15) is 25.8 Å². The monoisotopic (exact) mass is 481 g/mol. The summed E-state index contributed by atoms with van der Waals surface area (Å²) in [5, 5.41) is 4.11. The van der Waals surface area contributed by atoms with Crippen molar-refractivity contribution in [3.63, 3.8) is 0 Å². The second kappa shape index (κ2) is 11.1. The summed E-state index contributed by atoms with van der Waals surface area (Å²) in [5.74, 6) is 0.521. The number of fused-ring (bicyclic) bond motifs is 1. The largest absolute Gasteiger partial charge is 0.324 e. The first kappa shape index (κ1) is 25.0. The van der Waals surface area contributed by atoms with Crippen molar-refractivity contribution < 1.29 is 9.59 Å². The molecule has 2 aromatic carbocycles. The molecule has 0 bridgehead atoms. The van der Waals surface area contributed by atoms with Crippen molar-refractivity contribution in [2.24, 2.45) is 0 Å². The van der Waals surface area contributed by atoms with Gasteiger partial charge in [-0.1, -0.05) is 30.4 Å². The van der Waals surface area contributed by atoms with Gasteiger partial charge in [-0.3, -0.25) is 9.59 Å². The highest BCUT2D eigenvalue weighted by atomic mass is 16.2. The van der Waals surface area contributed by atoms with E-state index in [2.05, 4.69) is 15.3 Å². The van der Waals surface area contributed by atoms with E-state index in [1.54, 1.807) is 17.2 Å². The van der Waals surface area contributed by atoms with E-state index in [9.17, 15) is 9.59 Å². The first-order chi connectivity index (χ1) is 17.4. The molecule has 0 saturated carbocycles. The molecule has 0 saturated heterocycles. The van der Waals surface area contributed by atoms with Crippen LogP contribution in [0.4, 0.5) is 17.3 Å². The number of benzene rings is 2. The fraction of sp³-hybridized carbons (Fsp3) is 0.241. The van der Waals surface area contributed by atoms with Crippen LogP contribution in [0, 0.1) is 0 Å². The highest BCUT2D eigenvalue weighted by Crippen LogP contribution is 2.28. The summed E-state index contributed by atoms with van der Waals surface area (Å²) < 4.78 is 0. The Morgan fingerprint density at radius 3 is 2.75 bits per heavy atom. The Hall–Kier alpha value is -4.10. The minimum atomic E-state index is -0.0634. The normalized spacial score (nSPS) is 13.8. The van der Waals surface area contributed by atoms with Gasteiger partial charge in [-0.05, 0) is 69.4 Å². The van der Waals surface area contributed by atoms with Gasteiger partial charge in [0, 0.05) is 54.1 Å². The molecule has 1 aliphatic rings. The number of anilines is 3. The Balaban J connectivity index is 1.54. The minimum Gasteiger partial charge on any atom is -0.324 e. The van der Waals surface area contributed by atoms with E-state index in [0.717, 1.165) is 39.0 Å². The van der Waals surface area contributed by atoms with Crippen molar-refractivity contribution >= 4 is 45.5 Å². The smallest absolute Gasteiger partial charge is 0.250 e. The molecule has 0 aliphatic heterocycles. The predicted octanol–water partition coefficient (Wildman–Crippen LogP) is 5.15. The summed E-state index contributed by atoms with van der Waals surface area (Å²) >= 11 is 0. The van der Waals surface area contributed by atoms with Crippen molar-refractivity contribution in [1.82, 2.24) is 14.9 Å². The van der Waals surface area contributed by atoms with Crippen molar-refractivity contribution in [3.8, 4) is 0 Å². The van der Waals surface area contributed by atoms with Crippen LogP contribution in [0.2, 0.25) is 0 Å². The van der Waals surface area contributed by atoms with Gasteiger partial charge in [-0.25, -0.2) is 9.97 Å². The zero-order valence-corrected chi connectivity index (χ0v) is 21.2. The summed E-state index contributed by atoms with van der Waals surface area (Å²) in [5.41, 5.74) is 4.97. The molecule has 7 nitrogen and oxygen atoms in total. The Kier molecular flexibility index (Phi) is 7.71. The van der Waals surface area contributed by atoms with Gasteiger partial charge in [0.1, 0.15) is 0 Å². The number of allylic oxidation sites excluding steroid dienone is 4. The predicted molar refractivity (Wildman–Crippen MR) is 146 cm³/mol. The van der Waals surface area contributed by atoms with Gasteiger partial charge < -0.3 is 15.1 Å². The number of Topliss-reactive ketones (excluding diaryl/α,β-unsaturated/α-hetero) is 1. The molecule has 1 amide bonds. The van der Waals surface area contributed by atoms with Gasteiger partial charge in [0.05, 0.1) is 5.52 Å². The highest BCUT2D eigenvalue weighted by Gasteiger charge is 2.17. The fourth-order valence-corrected chi connectivity index (χ4v) is 4.19. The average Bonchev–Trinajstić information content (AvgIpc) is 2.84. The van der Waals surface area contributed by atoms with Crippen LogP contribution in [0.5, 0.6) is 0 Å². The lowest BCUT2D eigenvalue weighted by Crippen LogP contribution is -2.29. The summed E-state index contributed by atoms with van der Waals surface area (Å²) in [6.07, 6.45) is 9.55. The third-order valence-electron chi connectivity index (χ3n) is 5.94. The number of nitrogens with zero attached hydrogens (tertiary/aromatic N) is 4. The molecular weight excluding hydrogens is 450 g/mol. The number of carbonyl (C=O) groups excluding carboxylic acids is 2. The molecule has 3 aromatic rings. The number of amides is 1. The van der Waals surface area contributed by atoms with Crippen LogP contribution in [0.3, 0.4) is 0 Å². The van der Waals surface area contributed by atoms with E-state index in [-0.39, 0.29) is 11.7 Å². The quantitative estimate of drug-likeness (QED) is 0.449. The maximum atomic E-state index is 12.7. The molecule has 0 unspecified atom stereocenters. The molecule has 1 aliphatic carbocycles. The van der Waals surface area contributed by atoms with E-state index >= 15 is 0 Å². The number of aromatic nitrogens is 2. The molecule has 184 valence electrons. The summed E-state index contributed by atoms with van der Waals surface area (Å²) in [4.78, 5) is 38.0. The van der Waals surface area contributed by atoms with Crippen LogP contribution in [-0.2, 0) is 9.59 Å². The molecule has 1 aromatic heterocycles. The zero-order chi connectivity index (χ0) is 25.7. The summed E-state index contributed by atoms with van der Waals surface area (Å²) in [6.45, 7) is 5.17. The number of rotatable bonds is 8. The Labute approximate surface area is 211 Å². The maximum absolute atomic E-state index is 12.7. The zero-order valence-electron chi connectivity index (χ0n) is 21.2. The maximum Gasteiger partial charge on any atom is 0.250 e. The van der Waals surface area contributed by atoms with Crippen LogP contribution in [0.25, 0.3) is 16.5 Å². The van der Waals surface area contributed by atoms with E-state index in [4.69, 9.17) is 0 Å². The van der Waals surface area contributed by atoms with Gasteiger partial charge in [-0.2, -0.15) is 0 Å². The first-order valence-corrected chi connectivity index (χ1v) is 12.0. The lowest BCUT2D eigenvalue weighted by Gasteiger charge is -2.20. The first-order valence-electron chi connectivity index (χ1n) is 12.0. The number of hydrogen-bond acceptors (Lipinski definition) is 6. The molecule has 1 N–H and O–H groups in total. The molecule has 0 fully saturated rings. The summed E-state index contributed by atoms with van der Waals surface area (Å²) in [6, 6.07) is 13.4.